The molecular weight excluding hydrogens is 398 g/mol. The summed E-state index contributed by atoms with van der Waals surface area (Å²) in [4.78, 5) is 0.0335. The zero-order valence-corrected chi connectivity index (χ0v) is 19.5. The Morgan fingerprint density at radius 2 is 1.93 bits per heavy atom. The van der Waals surface area contributed by atoms with E-state index in [1.54, 1.807) is 13.0 Å². The smallest absolute Gasteiger partial charge is 0.297 e. The van der Waals surface area contributed by atoms with Crippen LogP contribution in [0.25, 0.3) is 0 Å². The Labute approximate surface area is 182 Å². The van der Waals surface area contributed by atoms with E-state index in [1.807, 2.05) is 0 Å². The number of nitriles is 1. The molecule has 0 aromatic heterocycles. The zero-order chi connectivity index (χ0) is 22.1. The third kappa shape index (κ3) is 6.99. The van der Waals surface area contributed by atoms with Gasteiger partial charge >= 0.3 is 0 Å². The zero-order valence-electron chi connectivity index (χ0n) is 18.6. The quantitative estimate of drug-likeness (QED) is 0.433. The van der Waals surface area contributed by atoms with Crippen molar-refractivity contribution in [1.82, 2.24) is 0 Å². The van der Waals surface area contributed by atoms with Crippen LogP contribution in [0.4, 0.5) is 0 Å². The first-order chi connectivity index (χ1) is 14.3. The molecule has 168 valence electrons. The molecule has 0 amide bonds. The monoisotopic (exact) mass is 435 g/mol. The molecule has 1 saturated carbocycles. The second kappa shape index (κ2) is 11.7. The minimum absolute atomic E-state index is 0.0335. The summed E-state index contributed by atoms with van der Waals surface area (Å²) in [7, 11) is -3.92. The topological polar surface area (TPSA) is 87.4 Å². The first kappa shape index (κ1) is 24.7. The lowest BCUT2D eigenvalue weighted by Gasteiger charge is -2.36. The van der Waals surface area contributed by atoms with Gasteiger partial charge in [0, 0.05) is 12.0 Å². The van der Waals surface area contributed by atoms with Crippen LogP contribution in [0.2, 0.25) is 0 Å². The first-order valence-electron chi connectivity index (χ1n) is 11.4. The predicted molar refractivity (Wildman–Crippen MR) is 118 cm³/mol. The molecule has 0 bridgehead atoms. The number of benzene rings is 1. The highest BCUT2D eigenvalue weighted by Gasteiger charge is 2.32. The molecule has 0 saturated heterocycles. The van der Waals surface area contributed by atoms with E-state index < -0.39 is 10.1 Å². The molecule has 5 nitrogen and oxygen atoms in total. The highest BCUT2D eigenvalue weighted by atomic mass is 32.2. The van der Waals surface area contributed by atoms with Crippen LogP contribution in [0.3, 0.4) is 0 Å². The van der Waals surface area contributed by atoms with Crippen LogP contribution in [-0.2, 0) is 14.3 Å². The summed E-state index contributed by atoms with van der Waals surface area (Å²) in [6.45, 7) is 6.19. The Bertz CT molecular complexity index is 815. The van der Waals surface area contributed by atoms with Crippen molar-refractivity contribution in [1.29, 1.82) is 5.26 Å². The third-order valence-electron chi connectivity index (χ3n) is 6.53. The molecular formula is C24H37NO4S. The fourth-order valence-corrected chi connectivity index (χ4v) is 6.01. The summed E-state index contributed by atoms with van der Waals surface area (Å²) >= 11 is 0. The van der Waals surface area contributed by atoms with Gasteiger partial charge in [-0.2, -0.15) is 13.7 Å². The van der Waals surface area contributed by atoms with Gasteiger partial charge in [-0.25, -0.2) is 0 Å². The van der Waals surface area contributed by atoms with Gasteiger partial charge in [-0.15, -0.1) is 0 Å². The minimum Gasteiger partial charge on any atom is -0.508 e. The molecule has 30 heavy (non-hydrogen) atoms. The normalized spacial score (nSPS) is 23.1. The van der Waals surface area contributed by atoms with Crippen molar-refractivity contribution >= 4 is 10.1 Å². The second-order valence-electron chi connectivity index (χ2n) is 8.87. The van der Waals surface area contributed by atoms with E-state index in [4.69, 9.17) is 4.18 Å². The molecule has 2 rings (SSSR count). The SMILES string of the molecule is CCCC(C#N)CCC1CC(CCC)CCC1COS(=O)(=O)c1cc(O)ccc1C. The highest BCUT2D eigenvalue weighted by Crippen LogP contribution is 2.40. The number of rotatable bonds is 11. The van der Waals surface area contributed by atoms with E-state index in [0.717, 1.165) is 44.9 Å². The van der Waals surface area contributed by atoms with Gasteiger partial charge in [-0.1, -0.05) is 45.6 Å². The maximum atomic E-state index is 12.7. The lowest BCUT2D eigenvalue weighted by Crippen LogP contribution is -2.30. The number of phenols is 1. The molecule has 0 spiro atoms. The van der Waals surface area contributed by atoms with Gasteiger partial charge in [0.25, 0.3) is 10.1 Å². The summed E-state index contributed by atoms with van der Waals surface area (Å²) in [5.41, 5.74) is 0.562. The van der Waals surface area contributed by atoms with Crippen molar-refractivity contribution in [2.45, 2.75) is 83.5 Å². The Morgan fingerprint density at radius 1 is 1.17 bits per heavy atom. The molecule has 0 radical (unpaired) electrons. The van der Waals surface area contributed by atoms with Crippen molar-refractivity contribution < 1.29 is 17.7 Å². The van der Waals surface area contributed by atoms with E-state index >= 15 is 0 Å². The lowest BCUT2D eigenvalue weighted by atomic mass is 9.70. The van der Waals surface area contributed by atoms with E-state index in [-0.39, 0.29) is 29.1 Å². The van der Waals surface area contributed by atoms with Crippen LogP contribution in [0.15, 0.2) is 23.1 Å². The minimum atomic E-state index is -3.92. The van der Waals surface area contributed by atoms with E-state index in [9.17, 15) is 18.8 Å². The summed E-state index contributed by atoms with van der Waals surface area (Å²) < 4.78 is 31.0. The number of hydrogen-bond donors (Lipinski definition) is 1. The number of phenolic OH excluding ortho intramolecular Hbond substituents is 1. The fraction of sp³-hybridized carbons (Fsp3) is 0.708. The van der Waals surface area contributed by atoms with Gasteiger partial charge in [0.1, 0.15) is 10.6 Å². The number of aryl methyl sites for hydroxylation is 1. The third-order valence-corrected chi connectivity index (χ3v) is 7.95. The van der Waals surface area contributed by atoms with Crippen LogP contribution in [0, 0.1) is 41.9 Å². The molecule has 4 atom stereocenters. The Hall–Kier alpha value is -1.58. The van der Waals surface area contributed by atoms with Gasteiger partial charge in [0.15, 0.2) is 0 Å². The maximum absolute atomic E-state index is 12.7. The standard InChI is InChI=1S/C24H37NO4S/c1-4-6-19-9-12-22(21(14-19)11-10-20(16-25)7-5-2)17-29-30(27,28)24-15-23(26)13-8-18(24)3/h8,13,15,19-22,26H,4-7,9-12,14,17H2,1-3H3. The first-order valence-corrected chi connectivity index (χ1v) is 12.8. The molecule has 1 aromatic rings. The number of aromatic hydroxyl groups is 1. The van der Waals surface area contributed by atoms with Crippen molar-refractivity contribution in [2.24, 2.45) is 23.7 Å². The van der Waals surface area contributed by atoms with Gasteiger partial charge in [-0.3, -0.25) is 4.18 Å². The molecule has 1 aromatic carbocycles. The summed E-state index contributed by atoms with van der Waals surface area (Å²) in [5.74, 6) is 1.27. The number of nitrogens with zero attached hydrogens (tertiary/aromatic N) is 1. The largest absolute Gasteiger partial charge is 0.508 e. The van der Waals surface area contributed by atoms with Crippen molar-refractivity contribution in [2.75, 3.05) is 6.61 Å². The molecule has 6 heteroatoms. The van der Waals surface area contributed by atoms with Crippen LogP contribution in [0.1, 0.15) is 77.2 Å². The van der Waals surface area contributed by atoms with E-state index in [0.29, 0.717) is 17.4 Å². The number of hydrogen-bond acceptors (Lipinski definition) is 5. The second-order valence-corrected chi connectivity index (χ2v) is 10.5. The van der Waals surface area contributed by atoms with Crippen molar-refractivity contribution in [3.63, 3.8) is 0 Å². The lowest BCUT2D eigenvalue weighted by molar-refractivity contribution is 0.108. The predicted octanol–water partition coefficient (Wildman–Crippen LogP) is 5.96. The molecule has 1 N–H and O–H groups in total. The summed E-state index contributed by atoms with van der Waals surface area (Å²) in [5, 5.41) is 19.1. The van der Waals surface area contributed by atoms with E-state index in [2.05, 4.69) is 19.9 Å². The molecule has 1 fully saturated rings. The van der Waals surface area contributed by atoms with Gasteiger partial charge in [0.2, 0.25) is 0 Å². The Kier molecular flexibility index (Phi) is 9.64. The average molecular weight is 436 g/mol. The van der Waals surface area contributed by atoms with E-state index in [1.165, 1.54) is 25.0 Å². The molecule has 1 aliphatic rings. The van der Waals surface area contributed by atoms with Crippen molar-refractivity contribution in [3.05, 3.63) is 23.8 Å². The average Bonchev–Trinajstić information content (AvgIpc) is 2.72. The van der Waals surface area contributed by atoms with Gasteiger partial charge in [-0.05, 0) is 68.4 Å². The van der Waals surface area contributed by atoms with Gasteiger partial charge < -0.3 is 5.11 Å². The van der Waals surface area contributed by atoms with Crippen molar-refractivity contribution in [3.8, 4) is 11.8 Å². The fourth-order valence-electron chi connectivity index (χ4n) is 4.80. The maximum Gasteiger partial charge on any atom is 0.297 e. The summed E-state index contributed by atoms with van der Waals surface area (Å²) in [6.07, 6.45) is 9.32. The molecule has 0 aliphatic heterocycles. The highest BCUT2D eigenvalue weighted by molar-refractivity contribution is 7.86. The molecule has 4 unspecified atom stereocenters. The van der Waals surface area contributed by atoms with Crippen LogP contribution >= 0.6 is 0 Å². The molecule has 1 aliphatic carbocycles. The Morgan fingerprint density at radius 3 is 2.60 bits per heavy atom. The molecule has 0 heterocycles. The summed E-state index contributed by atoms with van der Waals surface area (Å²) in [6, 6.07) is 6.74. The van der Waals surface area contributed by atoms with Crippen LogP contribution in [-0.4, -0.2) is 20.1 Å². The Balaban J connectivity index is 2.06. The van der Waals surface area contributed by atoms with Crippen LogP contribution in [0.5, 0.6) is 5.75 Å². The van der Waals surface area contributed by atoms with Crippen LogP contribution < -0.4 is 0 Å². The van der Waals surface area contributed by atoms with Gasteiger partial charge in [0.05, 0.1) is 12.7 Å².